The second-order valence-corrected chi connectivity index (χ2v) is 6.68. The van der Waals surface area contributed by atoms with E-state index in [4.69, 9.17) is 0 Å². The van der Waals surface area contributed by atoms with Gasteiger partial charge in [0, 0.05) is 11.3 Å². The minimum absolute atomic E-state index is 0.413. The summed E-state index contributed by atoms with van der Waals surface area (Å²) >= 11 is 1.77. The highest BCUT2D eigenvalue weighted by Gasteiger charge is 2.22. The molecule has 0 N–H and O–H groups in total. The normalized spacial score (nSPS) is 20.5. The summed E-state index contributed by atoms with van der Waals surface area (Å²) in [7, 11) is 0. The molecule has 1 aromatic heterocycles. The molecule has 1 fully saturated rings. The maximum atomic E-state index is 12.2. The molecule has 0 atom stereocenters. The second-order valence-electron chi connectivity index (χ2n) is 5.54. The molecule has 1 saturated carbocycles. The zero-order valence-corrected chi connectivity index (χ0v) is 11.2. The summed E-state index contributed by atoms with van der Waals surface area (Å²) in [6, 6.07) is 2.18. The molecule has 0 spiro atoms. The Morgan fingerprint density at radius 2 is 2.00 bits per heavy atom. The van der Waals surface area contributed by atoms with E-state index in [-0.39, 0.29) is 0 Å². The molecule has 92 valence electrons. The van der Waals surface area contributed by atoms with Crippen molar-refractivity contribution in [1.29, 1.82) is 0 Å². The van der Waals surface area contributed by atoms with E-state index in [1.54, 1.807) is 11.3 Å². The van der Waals surface area contributed by atoms with Crippen LogP contribution >= 0.6 is 11.3 Å². The van der Waals surface area contributed by atoms with E-state index >= 15 is 0 Å². The van der Waals surface area contributed by atoms with Crippen molar-refractivity contribution < 1.29 is 4.79 Å². The molecule has 0 unspecified atom stereocenters. The highest BCUT2D eigenvalue weighted by Crippen LogP contribution is 2.33. The molecule has 17 heavy (non-hydrogen) atoms. The summed E-state index contributed by atoms with van der Waals surface area (Å²) < 4.78 is 0. The average molecular weight is 248 g/mol. The molecule has 2 aliphatic rings. The minimum atomic E-state index is 0.413. The van der Waals surface area contributed by atoms with Gasteiger partial charge in [0.25, 0.3) is 0 Å². The molecule has 0 radical (unpaired) electrons. The molecule has 1 aromatic rings. The molecule has 2 heteroatoms. The van der Waals surface area contributed by atoms with E-state index in [0.717, 1.165) is 11.3 Å². The van der Waals surface area contributed by atoms with Gasteiger partial charge in [0.15, 0.2) is 5.78 Å². The Morgan fingerprint density at radius 3 is 2.76 bits per heavy atom. The maximum absolute atomic E-state index is 12.2. The monoisotopic (exact) mass is 248 g/mol. The van der Waals surface area contributed by atoms with Gasteiger partial charge in [-0.15, -0.1) is 11.3 Å². The number of hydrogen-bond acceptors (Lipinski definition) is 2. The van der Waals surface area contributed by atoms with E-state index < -0.39 is 0 Å². The first-order valence-corrected chi connectivity index (χ1v) is 7.79. The van der Waals surface area contributed by atoms with Gasteiger partial charge in [-0.2, -0.15) is 0 Å². The highest BCUT2D eigenvalue weighted by molar-refractivity contribution is 7.14. The van der Waals surface area contributed by atoms with E-state index in [9.17, 15) is 4.79 Å². The molecule has 1 heterocycles. The zero-order chi connectivity index (χ0) is 11.7. The van der Waals surface area contributed by atoms with Crippen molar-refractivity contribution in [2.45, 2.75) is 57.8 Å². The Labute approximate surface area is 107 Å². The van der Waals surface area contributed by atoms with Crippen molar-refractivity contribution in [1.82, 2.24) is 0 Å². The number of rotatable bonds is 3. The minimum Gasteiger partial charge on any atom is -0.293 e. The first kappa shape index (κ1) is 11.5. The molecule has 0 saturated heterocycles. The number of carbonyl (C=O) groups excluding carboxylic acids is 1. The summed E-state index contributed by atoms with van der Waals surface area (Å²) in [5.74, 6) is 1.09. The Bertz CT molecular complexity index is 391. The van der Waals surface area contributed by atoms with Crippen LogP contribution in [0.1, 0.15) is 65.1 Å². The Balaban J connectivity index is 1.64. The third-order valence-corrected chi connectivity index (χ3v) is 5.50. The van der Waals surface area contributed by atoms with Crippen LogP contribution in [0.25, 0.3) is 0 Å². The van der Waals surface area contributed by atoms with Crippen LogP contribution in [0.2, 0.25) is 0 Å². The lowest BCUT2D eigenvalue weighted by atomic mass is 9.85. The maximum Gasteiger partial charge on any atom is 0.173 e. The molecule has 3 rings (SSSR count). The summed E-state index contributed by atoms with van der Waals surface area (Å²) in [5.41, 5.74) is 1.46. The Hall–Kier alpha value is -0.630. The second kappa shape index (κ2) is 4.93. The standard InChI is InChI=1S/C15H20OS/c16-13(9-11-5-2-1-3-6-11)15-10-12-7-4-8-14(12)17-15/h10-11H,1-9H2. The van der Waals surface area contributed by atoms with Crippen molar-refractivity contribution >= 4 is 17.1 Å². The fourth-order valence-electron chi connectivity index (χ4n) is 3.22. The smallest absolute Gasteiger partial charge is 0.173 e. The number of fused-ring (bicyclic) bond motifs is 1. The van der Waals surface area contributed by atoms with Crippen molar-refractivity contribution in [3.63, 3.8) is 0 Å². The van der Waals surface area contributed by atoms with E-state index in [1.807, 2.05) is 0 Å². The summed E-state index contributed by atoms with van der Waals surface area (Å²) in [5, 5.41) is 0. The zero-order valence-electron chi connectivity index (χ0n) is 10.3. The SMILES string of the molecule is O=C(CC1CCCCC1)c1cc2c(s1)CCC2. The number of aryl methyl sites for hydroxylation is 2. The van der Waals surface area contributed by atoms with Crippen LogP contribution in [0.15, 0.2) is 6.07 Å². The summed E-state index contributed by atoms with van der Waals surface area (Å²) in [6.07, 6.45) is 11.1. The van der Waals surface area contributed by atoms with Crippen LogP contribution in [0.5, 0.6) is 0 Å². The number of hydrogen-bond donors (Lipinski definition) is 0. The van der Waals surface area contributed by atoms with Gasteiger partial charge in [-0.25, -0.2) is 0 Å². The Morgan fingerprint density at radius 1 is 1.18 bits per heavy atom. The van der Waals surface area contributed by atoms with Crippen LogP contribution in [0.4, 0.5) is 0 Å². The van der Waals surface area contributed by atoms with Gasteiger partial charge in [0.2, 0.25) is 0 Å². The van der Waals surface area contributed by atoms with E-state index in [2.05, 4.69) is 6.07 Å². The number of thiophene rings is 1. The van der Waals surface area contributed by atoms with Crippen LogP contribution in [0, 0.1) is 5.92 Å². The van der Waals surface area contributed by atoms with Crippen LogP contribution in [0.3, 0.4) is 0 Å². The van der Waals surface area contributed by atoms with Crippen LogP contribution in [-0.4, -0.2) is 5.78 Å². The first-order valence-electron chi connectivity index (χ1n) is 6.98. The number of carbonyl (C=O) groups is 1. The third kappa shape index (κ3) is 2.47. The van der Waals surface area contributed by atoms with Gasteiger partial charge in [0.1, 0.15) is 0 Å². The Kier molecular flexibility index (Phi) is 3.32. The van der Waals surface area contributed by atoms with Gasteiger partial charge >= 0.3 is 0 Å². The quantitative estimate of drug-likeness (QED) is 0.725. The average Bonchev–Trinajstić information content (AvgIpc) is 2.90. The van der Waals surface area contributed by atoms with Crippen molar-refractivity contribution in [2.24, 2.45) is 5.92 Å². The third-order valence-electron chi connectivity index (χ3n) is 4.22. The molecule has 1 nitrogen and oxygen atoms in total. The lowest BCUT2D eigenvalue weighted by Gasteiger charge is -2.20. The van der Waals surface area contributed by atoms with Crippen molar-refractivity contribution in [3.05, 3.63) is 21.4 Å². The molecule has 2 aliphatic carbocycles. The van der Waals surface area contributed by atoms with Gasteiger partial charge < -0.3 is 0 Å². The van der Waals surface area contributed by atoms with Gasteiger partial charge in [-0.1, -0.05) is 32.1 Å². The lowest BCUT2D eigenvalue weighted by molar-refractivity contribution is 0.0954. The van der Waals surface area contributed by atoms with E-state index in [0.29, 0.717) is 11.7 Å². The molecular weight excluding hydrogens is 228 g/mol. The van der Waals surface area contributed by atoms with Gasteiger partial charge in [0.05, 0.1) is 4.88 Å². The van der Waals surface area contributed by atoms with Crippen molar-refractivity contribution in [3.8, 4) is 0 Å². The lowest BCUT2D eigenvalue weighted by Crippen LogP contribution is -2.11. The van der Waals surface area contributed by atoms with Gasteiger partial charge in [-0.05, 0) is 36.8 Å². The van der Waals surface area contributed by atoms with Gasteiger partial charge in [-0.3, -0.25) is 4.79 Å². The predicted octanol–water partition coefficient (Wildman–Crippen LogP) is 4.39. The fraction of sp³-hybridized carbons (Fsp3) is 0.667. The molecule has 0 amide bonds. The van der Waals surface area contributed by atoms with E-state index in [1.165, 1.54) is 61.8 Å². The van der Waals surface area contributed by atoms with Crippen molar-refractivity contribution in [2.75, 3.05) is 0 Å². The highest BCUT2D eigenvalue weighted by atomic mass is 32.1. The summed E-state index contributed by atoms with van der Waals surface area (Å²) in [6.45, 7) is 0. The largest absolute Gasteiger partial charge is 0.293 e. The number of Topliss-reactive ketones (excluding diaryl/α,β-unsaturated/α-hetero) is 1. The molecule has 0 aromatic carbocycles. The molecular formula is C15H20OS. The first-order chi connectivity index (χ1) is 8.33. The van der Waals surface area contributed by atoms with Crippen LogP contribution < -0.4 is 0 Å². The number of ketones is 1. The molecule has 0 aliphatic heterocycles. The molecule has 0 bridgehead atoms. The van der Waals surface area contributed by atoms with Crippen LogP contribution in [-0.2, 0) is 12.8 Å². The summed E-state index contributed by atoms with van der Waals surface area (Å²) in [4.78, 5) is 14.8. The topological polar surface area (TPSA) is 17.1 Å². The fourth-order valence-corrected chi connectivity index (χ4v) is 4.42. The predicted molar refractivity (Wildman–Crippen MR) is 71.9 cm³/mol.